The highest BCUT2D eigenvalue weighted by Crippen LogP contribution is 2.30. The third-order valence-corrected chi connectivity index (χ3v) is 3.75. The van der Waals surface area contributed by atoms with Crippen molar-refractivity contribution >= 4 is 34.7 Å². The molecule has 2 heterocycles. The minimum Gasteiger partial charge on any atom is -0.334 e. The third-order valence-electron chi connectivity index (χ3n) is 3.75. The number of carbonyl (C=O) groups is 2. The number of rotatable bonds is 7. The van der Waals surface area contributed by atoms with Gasteiger partial charge in [0.15, 0.2) is 5.78 Å². The highest BCUT2D eigenvalue weighted by atomic mass is 16.6. The van der Waals surface area contributed by atoms with Gasteiger partial charge in [0.25, 0.3) is 5.91 Å². The average molecular weight is 393 g/mol. The summed E-state index contributed by atoms with van der Waals surface area (Å²) in [6, 6.07) is 9.57. The normalized spacial score (nSPS) is 10.1. The van der Waals surface area contributed by atoms with Gasteiger partial charge < -0.3 is 5.32 Å². The first-order valence-electron chi connectivity index (χ1n) is 8.29. The summed E-state index contributed by atoms with van der Waals surface area (Å²) in [5.74, 6) is -1.02. The number of benzene rings is 1. The predicted octanol–water partition coefficient (Wildman–Crippen LogP) is 2.48. The van der Waals surface area contributed by atoms with Crippen molar-refractivity contribution in [2.45, 2.75) is 6.92 Å². The summed E-state index contributed by atoms with van der Waals surface area (Å²) in [7, 11) is 0. The van der Waals surface area contributed by atoms with E-state index in [1.165, 1.54) is 25.4 Å². The lowest BCUT2D eigenvalue weighted by atomic mass is 10.1. The van der Waals surface area contributed by atoms with Crippen LogP contribution in [0.5, 0.6) is 0 Å². The van der Waals surface area contributed by atoms with E-state index in [1.807, 2.05) is 0 Å². The van der Waals surface area contributed by atoms with Gasteiger partial charge in [-0.15, -0.1) is 0 Å². The van der Waals surface area contributed by atoms with Crippen LogP contribution in [0.25, 0.3) is 0 Å². The number of nitro groups is 1. The Labute approximate surface area is 164 Å². The second kappa shape index (κ2) is 8.52. The number of hydrogen-bond acceptors (Lipinski definition) is 9. The lowest BCUT2D eigenvalue weighted by Crippen LogP contribution is -2.30. The maximum Gasteiger partial charge on any atom is 0.355 e. The van der Waals surface area contributed by atoms with Crippen LogP contribution in [0.2, 0.25) is 0 Å². The minimum absolute atomic E-state index is 0.108. The summed E-state index contributed by atoms with van der Waals surface area (Å²) in [5.41, 5.74) is 5.42. The zero-order valence-corrected chi connectivity index (χ0v) is 15.1. The molecule has 2 aromatic heterocycles. The molecule has 3 N–H and O–H groups in total. The average Bonchev–Trinajstić information content (AvgIpc) is 2.72. The molecule has 0 saturated heterocycles. The van der Waals surface area contributed by atoms with E-state index in [0.717, 1.165) is 6.33 Å². The Bertz CT molecular complexity index is 1070. The smallest absolute Gasteiger partial charge is 0.334 e. The number of Topliss-reactive ketones (excluding diaryl/α,β-unsaturated/α-hetero) is 1. The first-order chi connectivity index (χ1) is 14.0. The molecule has 146 valence electrons. The van der Waals surface area contributed by atoms with Crippen LogP contribution in [-0.4, -0.2) is 31.6 Å². The molecule has 29 heavy (non-hydrogen) atoms. The highest BCUT2D eigenvalue weighted by Gasteiger charge is 2.24. The van der Waals surface area contributed by atoms with Gasteiger partial charge in [0.1, 0.15) is 6.33 Å². The fraction of sp³-hybridized carbons (Fsp3) is 0.0556. The molecule has 0 aliphatic rings. The van der Waals surface area contributed by atoms with E-state index in [4.69, 9.17) is 0 Å². The predicted molar refractivity (Wildman–Crippen MR) is 104 cm³/mol. The van der Waals surface area contributed by atoms with Gasteiger partial charge in [0.05, 0.1) is 10.5 Å². The monoisotopic (exact) mass is 393 g/mol. The SMILES string of the molecule is CC(=O)c1cccc(Nc2ncnc(NNC(=O)c3cccnc3)c2[N+](=O)[O-])c1. The van der Waals surface area contributed by atoms with E-state index in [2.05, 4.69) is 31.1 Å². The van der Waals surface area contributed by atoms with Crippen molar-refractivity contribution in [1.82, 2.24) is 20.4 Å². The zero-order valence-electron chi connectivity index (χ0n) is 15.1. The summed E-state index contributed by atoms with van der Waals surface area (Å²) in [5, 5.41) is 14.4. The summed E-state index contributed by atoms with van der Waals surface area (Å²) >= 11 is 0. The number of ketones is 1. The molecule has 0 radical (unpaired) electrons. The number of aromatic nitrogens is 3. The molecule has 0 aliphatic heterocycles. The van der Waals surface area contributed by atoms with Crippen molar-refractivity contribution in [2.75, 3.05) is 10.7 Å². The van der Waals surface area contributed by atoms with Gasteiger partial charge in [-0.25, -0.2) is 9.97 Å². The number of anilines is 3. The molecule has 3 aromatic rings. The Morgan fingerprint density at radius 1 is 1.07 bits per heavy atom. The van der Waals surface area contributed by atoms with E-state index in [-0.39, 0.29) is 23.0 Å². The lowest BCUT2D eigenvalue weighted by Gasteiger charge is -2.11. The third kappa shape index (κ3) is 4.66. The number of amides is 1. The Hall–Kier alpha value is -4.41. The van der Waals surface area contributed by atoms with Gasteiger partial charge >= 0.3 is 5.69 Å². The Balaban J connectivity index is 1.84. The molecule has 1 aromatic carbocycles. The molecule has 0 bridgehead atoms. The Morgan fingerprint density at radius 2 is 1.83 bits per heavy atom. The van der Waals surface area contributed by atoms with Gasteiger partial charge in [-0.2, -0.15) is 0 Å². The summed E-state index contributed by atoms with van der Waals surface area (Å²) in [6.07, 6.45) is 3.96. The summed E-state index contributed by atoms with van der Waals surface area (Å²) < 4.78 is 0. The summed E-state index contributed by atoms with van der Waals surface area (Å²) in [4.78, 5) is 46.1. The topological polar surface area (TPSA) is 152 Å². The number of pyridine rings is 1. The van der Waals surface area contributed by atoms with Gasteiger partial charge in [0.2, 0.25) is 11.6 Å². The molecule has 0 atom stereocenters. The first-order valence-corrected chi connectivity index (χ1v) is 8.29. The van der Waals surface area contributed by atoms with Crippen molar-refractivity contribution in [3.05, 3.63) is 76.4 Å². The van der Waals surface area contributed by atoms with E-state index < -0.39 is 16.5 Å². The van der Waals surface area contributed by atoms with Gasteiger partial charge in [-0.1, -0.05) is 12.1 Å². The maximum absolute atomic E-state index is 12.1. The molecule has 0 fully saturated rings. The van der Waals surface area contributed by atoms with Gasteiger partial charge in [-0.3, -0.25) is 35.5 Å². The molecule has 0 spiro atoms. The molecule has 0 saturated carbocycles. The molecule has 0 aliphatic carbocycles. The van der Waals surface area contributed by atoms with Crippen LogP contribution in [0, 0.1) is 10.1 Å². The van der Waals surface area contributed by atoms with E-state index in [0.29, 0.717) is 11.3 Å². The van der Waals surface area contributed by atoms with Crippen LogP contribution in [0.4, 0.5) is 23.0 Å². The van der Waals surface area contributed by atoms with Crippen molar-refractivity contribution < 1.29 is 14.5 Å². The Kier molecular flexibility index (Phi) is 5.69. The molecule has 1 amide bonds. The molecule has 3 rings (SSSR count). The van der Waals surface area contributed by atoms with Crippen molar-refractivity contribution in [2.24, 2.45) is 0 Å². The molecular formula is C18H15N7O4. The quantitative estimate of drug-likeness (QED) is 0.312. The second-order valence-corrected chi connectivity index (χ2v) is 5.76. The van der Waals surface area contributed by atoms with E-state index in [9.17, 15) is 19.7 Å². The number of carbonyl (C=O) groups excluding carboxylic acids is 2. The highest BCUT2D eigenvalue weighted by molar-refractivity contribution is 5.95. The molecule has 11 heteroatoms. The van der Waals surface area contributed by atoms with Crippen LogP contribution >= 0.6 is 0 Å². The van der Waals surface area contributed by atoms with Crippen LogP contribution in [0.1, 0.15) is 27.6 Å². The number of nitrogens with one attached hydrogen (secondary N) is 3. The summed E-state index contributed by atoms with van der Waals surface area (Å²) in [6.45, 7) is 1.42. The molecule has 11 nitrogen and oxygen atoms in total. The maximum atomic E-state index is 12.1. The minimum atomic E-state index is -0.685. The number of nitrogens with zero attached hydrogens (tertiary/aromatic N) is 4. The molecular weight excluding hydrogens is 378 g/mol. The first kappa shape index (κ1) is 19.4. The van der Waals surface area contributed by atoms with Crippen LogP contribution in [0.3, 0.4) is 0 Å². The number of hydrogen-bond donors (Lipinski definition) is 3. The van der Waals surface area contributed by atoms with Crippen LogP contribution in [-0.2, 0) is 0 Å². The number of hydrazine groups is 1. The lowest BCUT2D eigenvalue weighted by molar-refractivity contribution is -0.383. The van der Waals surface area contributed by atoms with Crippen molar-refractivity contribution in [1.29, 1.82) is 0 Å². The largest absolute Gasteiger partial charge is 0.355 e. The zero-order chi connectivity index (χ0) is 20.8. The van der Waals surface area contributed by atoms with Gasteiger partial charge in [-0.05, 0) is 31.2 Å². The fourth-order valence-electron chi connectivity index (χ4n) is 2.37. The standard InChI is InChI=1S/C18H15N7O4/c1-11(26)12-4-2-6-14(8-12)22-16-15(25(28)29)17(21-10-20-16)23-24-18(27)13-5-3-7-19-9-13/h2-10H,1H3,(H,24,27)(H2,20,21,22,23). The van der Waals surface area contributed by atoms with Crippen molar-refractivity contribution in [3.63, 3.8) is 0 Å². The van der Waals surface area contributed by atoms with Crippen LogP contribution in [0.15, 0.2) is 55.1 Å². The van der Waals surface area contributed by atoms with Gasteiger partial charge in [0, 0.05) is 23.6 Å². The van der Waals surface area contributed by atoms with E-state index >= 15 is 0 Å². The molecule has 0 unspecified atom stereocenters. The Morgan fingerprint density at radius 3 is 2.52 bits per heavy atom. The van der Waals surface area contributed by atoms with E-state index in [1.54, 1.807) is 30.3 Å². The van der Waals surface area contributed by atoms with Crippen molar-refractivity contribution in [3.8, 4) is 0 Å². The fourth-order valence-corrected chi connectivity index (χ4v) is 2.37. The van der Waals surface area contributed by atoms with Crippen LogP contribution < -0.4 is 16.2 Å². The second-order valence-electron chi connectivity index (χ2n) is 5.76.